The molecule has 1 amide bonds. The third-order valence-corrected chi connectivity index (χ3v) is 3.38. The van der Waals surface area contributed by atoms with Gasteiger partial charge in [-0.05, 0) is 11.6 Å². The largest absolute Gasteiger partial charge is 0.487 e. The molecule has 2 aromatic rings. The highest BCUT2D eigenvalue weighted by molar-refractivity contribution is 5.73. The van der Waals surface area contributed by atoms with Crippen molar-refractivity contribution >= 4 is 5.91 Å². The van der Waals surface area contributed by atoms with Crippen LogP contribution in [-0.4, -0.2) is 23.5 Å². The van der Waals surface area contributed by atoms with Crippen molar-refractivity contribution in [1.82, 2.24) is 10.3 Å². The Kier molecular flexibility index (Phi) is 3.37. The third kappa shape index (κ3) is 2.50. The molecular formula is C16H16N2O2. The Morgan fingerprint density at radius 3 is 3.05 bits per heavy atom. The highest BCUT2D eigenvalue weighted by atomic mass is 16.5. The first-order valence-electron chi connectivity index (χ1n) is 6.67. The normalized spacial score (nSPS) is 16.4. The number of para-hydroxylation sites is 1. The number of nitrogens with one attached hydrogen (secondary N) is 1. The molecule has 1 aromatic heterocycles. The molecule has 0 bridgehead atoms. The van der Waals surface area contributed by atoms with E-state index >= 15 is 0 Å². The number of amides is 1. The summed E-state index contributed by atoms with van der Waals surface area (Å²) < 4.78 is 6.00. The predicted molar refractivity (Wildman–Crippen MR) is 76.5 cm³/mol. The van der Waals surface area contributed by atoms with Gasteiger partial charge in [0.05, 0.1) is 6.54 Å². The number of nitrogens with zero attached hydrogens (tertiary/aromatic N) is 1. The molecule has 2 heterocycles. The molecule has 0 spiro atoms. The fraction of sp³-hybridized carbons (Fsp3) is 0.250. The molecule has 1 aromatic carbocycles. The number of hydrogen-bond acceptors (Lipinski definition) is 3. The van der Waals surface area contributed by atoms with Gasteiger partial charge in [-0.1, -0.05) is 24.3 Å². The summed E-state index contributed by atoms with van der Waals surface area (Å²) >= 11 is 0. The Morgan fingerprint density at radius 2 is 2.30 bits per heavy atom. The first kappa shape index (κ1) is 12.7. The predicted octanol–water partition coefficient (Wildman–Crippen LogP) is 2.19. The molecule has 1 aliphatic heterocycles. The maximum Gasteiger partial charge on any atom is 0.217 e. The Morgan fingerprint density at radius 1 is 1.40 bits per heavy atom. The van der Waals surface area contributed by atoms with Gasteiger partial charge in [0.15, 0.2) is 0 Å². The van der Waals surface area contributed by atoms with E-state index < -0.39 is 0 Å². The number of carbonyl (C=O) groups excluding carboxylic acids is 1. The molecular weight excluding hydrogens is 252 g/mol. The smallest absolute Gasteiger partial charge is 0.217 e. The molecule has 0 fully saturated rings. The number of hydrogen-bond donors (Lipinski definition) is 1. The molecule has 1 unspecified atom stereocenters. The standard InChI is InChI=1S/C16H16N2O2/c1-11(19)18-10-14-8-12-4-2-6-15(16(12)20-14)13-5-3-7-17-9-13/h2-7,9,14H,8,10H2,1H3,(H,18,19). The fourth-order valence-corrected chi connectivity index (χ4v) is 2.46. The molecule has 0 saturated carbocycles. The second kappa shape index (κ2) is 5.33. The highest BCUT2D eigenvalue weighted by Crippen LogP contribution is 2.38. The minimum Gasteiger partial charge on any atom is -0.487 e. The van der Waals surface area contributed by atoms with Crippen molar-refractivity contribution in [2.45, 2.75) is 19.4 Å². The van der Waals surface area contributed by atoms with E-state index in [0.717, 1.165) is 23.3 Å². The Bertz CT molecular complexity index is 626. The topological polar surface area (TPSA) is 51.2 Å². The lowest BCUT2D eigenvalue weighted by molar-refractivity contribution is -0.119. The summed E-state index contributed by atoms with van der Waals surface area (Å²) in [6, 6.07) is 10.1. The lowest BCUT2D eigenvalue weighted by Crippen LogP contribution is -2.32. The van der Waals surface area contributed by atoms with Crippen LogP contribution in [0.5, 0.6) is 5.75 Å². The maximum absolute atomic E-state index is 11.0. The molecule has 102 valence electrons. The van der Waals surface area contributed by atoms with Crippen LogP contribution in [0.4, 0.5) is 0 Å². The zero-order chi connectivity index (χ0) is 13.9. The quantitative estimate of drug-likeness (QED) is 0.928. The number of pyridine rings is 1. The molecule has 20 heavy (non-hydrogen) atoms. The first-order valence-corrected chi connectivity index (χ1v) is 6.67. The minimum atomic E-state index is -0.0305. The van der Waals surface area contributed by atoms with Crippen LogP contribution in [-0.2, 0) is 11.2 Å². The van der Waals surface area contributed by atoms with Gasteiger partial charge < -0.3 is 10.1 Å². The molecule has 4 nitrogen and oxygen atoms in total. The number of rotatable bonds is 3. The van der Waals surface area contributed by atoms with Crippen LogP contribution in [0.15, 0.2) is 42.7 Å². The lowest BCUT2D eigenvalue weighted by Gasteiger charge is -2.12. The lowest BCUT2D eigenvalue weighted by atomic mass is 10.0. The number of benzene rings is 1. The van der Waals surface area contributed by atoms with Crippen LogP contribution in [0.1, 0.15) is 12.5 Å². The van der Waals surface area contributed by atoms with E-state index in [9.17, 15) is 4.79 Å². The molecule has 1 atom stereocenters. The molecule has 4 heteroatoms. The zero-order valence-electron chi connectivity index (χ0n) is 11.3. The van der Waals surface area contributed by atoms with Gasteiger partial charge in [0.1, 0.15) is 11.9 Å². The van der Waals surface area contributed by atoms with Crippen molar-refractivity contribution in [2.75, 3.05) is 6.54 Å². The third-order valence-electron chi connectivity index (χ3n) is 3.38. The van der Waals surface area contributed by atoms with E-state index in [0.29, 0.717) is 6.54 Å². The zero-order valence-corrected chi connectivity index (χ0v) is 11.3. The van der Waals surface area contributed by atoms with Crippen molar-refractivity contribution in [3.63, 3.8) is 0 Å². The van der Waals surface area contributed by atoms with Gasteiger partial charge in [-0.3, -0.25) is 9.78 Å². The van der Waals surface area contributed by atoms with Crippen molar-refractivity contribution < 1.29 is 9.53 Å². The number of carbonyl (C=O) groups is 1. The van der Waals surface area contributed by atoms with Crippen molar-refractivity contribution in [2.24, 2.45) is 0 Å². The molecule has 1 N–H and O–H groups in total. The second-order valence-electron chi connectivity index (χ2n) is 4.92. The van der Waals surface area contributed by atoms with E-state index in [1.807, 2.05) is 30.5 Å². The van der Waals surface area contributed by atoms with Gasteiger partial charge in [0.2, 0.25) is 5.91 Å². The van der Waals surface area contributed by atoms with Gasteiger partial charge in [0, 0.05) is 36.9 Å². The summed E-state index contributed by atoms with van der Waals surface area (Å²) in [6.07, 6.45) is 4.42. The van der Waals surface area contributed by atoms with Crippen molar-refractivity contribution in [3.8, 4) is 16.9 Å². The molecule has 0 saturated heterocycles. The summed E-state index contributed by atoms with van der Waals surface area (Å²) in [5, 5.41) is 2.81. The highest BCUT2D eigenvalue weighted by Gasteiger charge is 2.25. The monoisotopic (exact) mass is 268 g/mol. The maximum atomic E-state index is 11.0. The van der Waals surface area contributed by atoms with Crippen LogP contribution in [0.25, 0.3) is 11.1 Å². The van der Waals surface area contributed by atoms with Gasteiger partial charge in [-0.25, -0.2) is 0 Å². The SMILES string of the molecule is CC(=O)NCC1Cc2cccc(-c3cccnc3)c2O1. The van der Waals surface area contributed by atoms with Gasteiger partial charge in [-0.2, -0.15) is 0 Å². The van der Waals surface area contributed by atoms with Crippen molar-refractivity contribution in [1.29, 1.82) is 0 Å². The molecule has 3 rings (SSSR count). The Hall–Kier alpha value is -2.36. The first-order chi connectivity index (χ1) is 9.74. The summed E-state index contributed by atoms with van der Waals surface area (Å²) in [5.41, 5.74) is 3.28. The summed E-state index contributed by atoms with van der Waals surface area (Å²) in [4.78, 5) is 15.1. The van der Waals surface area contributed by atoms with E-state index in [2.05, 4.69) is 16.4 Å². The summed E-state index contributed by atoms with van der Waals surface area (Å²) in [6.45, 7) is 2.06. The van der Waals surface area contributed by atoms with Gasteiger partial charge >= 0.3 is 0 Å². The average Bonchev–Trinajstić information content (AvgIpc) is 2.89. The second-order valence-corrected chi connectivity index (χ2v) is 4.92. The van der Waals surface area contributed by atoms with Crippen LogP contribution in [0.3, 0.4) is 0 Å². The van der Waals surface area contributed by atoms with Crippen LogP contribution >= 0.6 is 0 Å². The average molecular weight is 268 g/mol. The van der Waals surface area contributed by atoms with Gasteiger partial charge in [0.25, 0.3) is 0 Å². The Labute approximate surface area is 117 Å². The van der Waals surface area contributed by atoms with E-state index in [4.69, 9.17) is 4.74 Å². The Balaban J connectivity index is 1.85. The van der Waals surface area contributed by atoms with Crippen molar-refractivity contribution in [3.05, 3.63) is 48.3 Å². The van der Waals surface area contributed by atoms with Crippen LogP contribution < -0.4 is 10.1 Å². The fourth-order valence-electron chi connectivity index (χ4n) is 2.46. The molecule has 0 aliphatic carbocycles. The number of aromatic nitrogens is 1. The number of ether oxygens (including phenoxy) is 1. The number of fused-ring (bicyclic) bond motifs is 1. The summed E-state index contributed by atoms with van der Waals surface area (Å²) in [7, 11) is 0. The van der Waals surface area contributed by atoms with E-state index in [1.54, 1.807) is 6.20 Å². The van der Waals surface area contributed by atoms with E-state index in [1.165, 1.54) is 12.5 Å². The molecule has 0 radical (unpaired) electrons. The van der Waals surface area contributed by atoms with Crippen LogP contribution in [0.2, 0.25) is 0 Å². The van der Waals surface area contributed by atoms with Crippen LogP contribution in [0, 0.1) is 0 Å². The minimum absolute atomic E-state index is 0.00622. The molecule has 1 aliphatic rings. The summed E-state index contributed by atoms with van der Waals surface area (Å²) in [5.74, 6) is 0.882. The van der Waals surface area contributed by atoms with Gasteiger partial charge in [-0.15, -0.1) is 0 Å². The van der Waals surface area contributed by atoms with E-state index in [-0.39, 0.29) is 12.0 Å².